The number of rotatable bonds is 4. The molecule has 2 aromatic rings. The van der Waals surface area contributed by atoms with Gasteiger partial charge in [-0.15, -0.1) is 0 Å². The first-order chi connectivity index (χ1) is 14.0. The van der Waals surface area contributed by atoms with Crippen molar-refractivity contribution >= 4 is 17.4 Å². The fourth-order valence-electron chi connectivity index (χ4n) is 4.57. The van der Waals surface area contributed by atoms with Crippen molar-refractivity contribution in [3.63, 3.8) is 0 Å². The van der Waals surface area contributed by atoms with E-state index in [1.807, 2.05) is 56.3 Å². The Labute approximate surface area is 171 Å². The summed E-state index contributed by atoms with van der Waals surface area (Å²) < 4.78 is 0. The van der Waals surface area contributed by atoms with Crippen molar-refractivity contribution in [1.29, 1.82) is 0 Å². The van der Waals surface area contributed by atoms with Gasteiger partial charge in [-0.3, -0.25) is 9.59 Å². The minimum absolute atomic E-state index is 0.0677. The van der Waals surface area contributed by atoms with Crippen LogP contribution in [-0.2, 0) is 22.4 Å². The monoisotopic (exact) mass is 389 g/mol. The van der Waals surface area contributed by atoms with E-state index in [1.165, 1.54) is 17.5 Å². The minimum Gasteiger partial charge on any atom is -0.507 e. The summed E-state index contributed by atoms with van der Waals surface area (Å²) in [5.41, 5.74) is 5.28. The molecule has 4 heteroatoms. The number of ketones is 1. The van der Waals surface area contributed by atoms with Gasteiger partial charge in [0.15, 0.2) is 0 Å². The predicted molar refractivity (Wildman–Crippen MR) is 114 cm³/mol. The normalized spacial score (nSPS) is 20.8. The highest BCUT2D eigenvalue weighted by molar-refractivity contribution is 6.46. The second kappa shape index (κ2) is 7.86. The van der Waals surface area contributed by atoms with E-state index in [-0.39, 0.29) is 11.3 Å². The Bertz CT molecular complexity index is 1000. The quantitative estimate of drug-likeness (QED) is 0.468. The standard InChI is InChI=1S/C25H27NO3/c1-3-13-26-22(19-10-6-7-16(2)14-19)21(24(28)25(26)29)23(27)20-12-11-17-8-4-5-9-18(17)15-20/h6-7,10-12,14-15,22,27H,3-5,8-9,13H2,1-2H3/b23-21-. The number of carbonyl (C=O) groups is 2. The van der Waals surface area contributed by atoms with Crippen LogP contribution in [0.3, 0.4) is 0 Å². The van der Waals surface area contributed by atoms with Gasteiger partial charge in [-0.2, -0.15) is 0 Å². The van der Waals surface area contributed by atoms with Crippen LogP contribution in [0.5, 0.6) is 0 Å². The third kappa shape index (κ3) is 3.48. The molecule has 0 radical (unpaired) electrons. The summed E-state index contributed by atoms with van der Waals surface area (Å²) in [4.78, 5) is 27.3. The van der Waals surface area contributed by atoms with Crippen molar-refractivity contribution in [3.05, 3.63) is 75.9 Å². The molecule has 2 aromatic carbocycles. The third-order valence-corrected chi connectivity index (χ3v) is 5.98. The number of aliphatic hydroxyl groups is 1. The third-order valence-electron chi connectivity index (χ3n) is 5.98. The molecule has 1 amide bonds. The predicted octanol–water partition coefficient (Wildman–Crippen LogP) is 4.71. The summed E-state index contributed by atoms with van der Waals surface area (Å²) in [6, 6.07) is 13.2. The van der Waals surface area contributed by atoms with E-state index in [2.05, 4.69) is 0 Å². The fraction of sp³-hybridized carbons (Fsp3) is 0.360. The number of nitrogens with zero attached hydrogens (tertiary/aromatic N) is 1. The number of amides is 1. The summed E-state index contributed by atoms with van der Waals surface area (Å²) in [5.74, 6) is -1.19. The smallest absolute Gasteiger partial charge is 0.295 e. The zero-order chi connectivity index (χ0) is 20.5. The molecule has 0 saturated carbocycles. The van der Waals surface area contributed by atoms with Crippen LogP contribution in [0.2, 0.25) is 0 Å². The number of carbonyl (C=O) groups excluding carboxylic acids is 2. The lowest BCUT2D eigenvalue weighted by molar-refractivity contribution is -0.139. The van der Waals surface area contributed by atoms with Gasteiger partial charge >= 0.3 is 0 Å². The first-order valence-electron chi connectivity index (χ1n) is 10.5. The van der Waals surface area contributed by atoms with Crippen LogP contribution in [0.4, 0.5) is 0 Å². The van der Waals surface area contributed by atoms with Crippen LogP contribution < -0.4 is 0 Å². The molecular weight excluding hydrogens is 362 g/mol. The summed E-state index contributed by atoms with van der Waals surface area (Å²) in [6.07, 6.45) is 5.12. The molecule has 1 aliphatic carbocycles. The van der Waals surface area contributed by atoms with Gasteiger partial charge in [0.1, 0.15) is 5.76 Å². The molecule has 150 valence electrons. The Hall–Kier alpha value is -2.88. The van der Waals surface area contributed by atoms with Gasteiger partial charge in [0.05, 0.1) is 11.6 Å². The molecule has 0 aromatic heterocycles. The number of aryl methyl sites for hydroxylation is 3. The molecule has 1 heterocycles. The highest BCUT2D eigenvalue weighted by Crippen LogP contribution is 2.40. The van der Waals surface area contributed by atoms with Crippen molar-refractivity contribution in [2.45, 2.75) is 52.0 Å². The molecule has 1 fully saturated rings. The minimum atomic E-state index is -0.597. The molecule has 1 unspecified atom stereocenters. The van der Waals surface area contributed by atoms with Gasteiger partial charge in [0.2, 0.25) is 0 Å². The van der Waals surface area contributed by atoms with Crippen LogP contribution in [0, 0.1) is 6.92 Å². The van der Waals surface area contributed by atoms with Gasteiger partial charge < -0.3 is 10.0 Å². The van der Waals surface area contributed by atoms with Gasteiger partial charge in [0, 0.05) is 12.1 Å². The molecule has 0 bridgehead atoms. The summed E-state index contributed by atoms with van der Waals surface area (Å²) in [7, 11) is 0. The molecule has 4 nitrogen and oxygen atoms in total. The molecule has 29 heavy (non-hydrogen) atoms. The number of fused-ring (bicyclic) bond motifs is 1. The van der Waals surface area contributed by atoms with E-state index in [0.29, 0.717) is 12.1 Å². The topological polar surface area (TPSA) is 57.6 Å². The molecule has 1 atom stereocenters. The Morgan fingerprint density at radius 1 is 1.07 bits per heavy atom. The Morgan fingerprint density at radius 3 is 2.55 bits per heavy atom. The molecule has 0 spiro atoms. The fourth-order valence-corrected chi connectivity index (χ4v) is 4.57. The van der Waals surface area contributed by atoms with Crippen LogP contribution >= 0.6 is 0 Å². The lowest BCUT2D eigenvalue weighted by Gasteiger charge is -2.25. The second-order valence-corrected chi connectivity index (χ2v) is 8.10. The maximum Gasteiger partial charge on any atom is 0.295 e. The Balaban J connectivity index is 1.86. The van der Waals surface area contributed by atoms with Crippen molar-refractivity contribution < 1.29 is 14.7 Å². The first kappa shape index (κ1) is 19.4. The number of hydrogen-bond acceptors (Lipinski definition) is 3. The summed E-state index contributed by atoms with van der Waals surface area (Å²) in [6.45, 7) is 4.44. The van der Waals surface area contributed by atoms with E-state index in [0.717, 1.165) is 36.8 Å². The highest BCUT2D eigenvalue weighted by atomic mass is 16.3. The largest absolute Gasteiger partial charge is 0.507 e. The maximum atomic E-state index is 13.0. The van der Waals surface area contributed by atoms with E-state index in [1.54, 1.807) is 4.90 Å². The van der Waals surface area contributed by atoms with Crippen LogP contribution in [0.15, 0.2) is 48.0 Å². The number of likely N-dealkylation sites (tertiary alicyclic amines) is 1. The van der Waals surface area contributed by atoms with E-state index < -0.39 is 17.7 Å². The average molecular weight is 389 g/mol. The number of hydrogen-bond donors (Lipinski definition) is 1. The molecule has 1 aliphatic heterocycles. The van der Waals surface area contributed by atoms with E-state index in [9.17, 15) is 14.7 Å². The number of aliphatic hydroxyl groups excluding tert-OH is 1. The zero-order valence-electron chi connectivity index (χ0n) is 17.1. The lowest BCUT2D eigenvalue weighted by atomic mass is 9.88. The molecule has 4 rings (SSSR count). The lowest BCUT2D eigenvalue weighted by Crippen LogP contribution is -2.30. The average Bonchev–Trinajstić information content (AvgIpc) is 2.98. The Morgan fingerprint density at radius 2 is 1.83 bits per heavy atom. The second-order valence-electron chi connectivity index (χ2n) is 8.10. The summed E-state index contributed by atoms with van der Waals surface area (Å²) >= 11 is 0. The van der Waals surface area contributed by atoms with Crippen molar-refractivity contribution in [2.75, 3.05) is 6.54 Å². The first-order valence-corrected chi connectivity index (χ1v) is 10.5. The van der Waals surface area contributed by atoms with Gasteiger partial charge in [-0.1, -0.05) is 48.9 Å². The van der Waals surface area contributed by atoms with Gasteiger partial charge in [0.25, 0.3) is 11.7 Å². The zero-order valence-corrected chi connectivity index (χ0v) is 17.1. The van der Waals surface area contributed by atoms with Crippen LogP contribution in [0.1, 0.15) is 60.0 Å². The van der Waals surface area contributed by atoms with Crippen LogP contribution in [-0.4, -0.2) is 28.2 Å². The van der Waals surface area contributed by atoms with Crippen LogP contribution in [0.25, 0.3) is 5.76 Å². The number of Topliss-reactive ketones (excluding diaryl/α,β-unsaturated/α-hetero) is 1. The van der Waals surface area contributed by atoms with E-state index >= 15 is 0 Å². The molecule has 1 N–H and O–H groups in total. The summed E-state index contributed by atoms with van der Waals surface area (Å²) in [5, 5.41) is 11.2. The molecule has 1 saturated heterocycles. The molecule has 2 aliphatic rings. The SMILES string of the molecule is CCCN1C(=O)C(=O)/C(=C(\O)c2ccc3c(c2)CCCC3)C1c1cccc(C)c1. The number of benzene rings is 2. The Kier molecular flexibility index (Phi) is 5.27. The van der Waals surface area contributed by atoms with E-state index in [4.69, 9.17) is 0 Å². The maximum absolute atomic E-state index is 13.0. The van der Waals surface area contributed by atoms with Gasteiger partial charge in [-0.05, 0) is 61.8 Å². The van der Waals surface area contributed by atoms with Crippen molar-refractivity contribution in [1.82, 2.24) is 4.90 Å². The highest BCUT2D eigenvalue weighted by Gasteiger charge is 2.45. The molecular formula is C25H27NO3. The van der Waals surface area contributed by atoms with Crippen molar-refractivity contribution in [2.24, 2.45) is 0 Å². The van der Waals surface area contributed by atoms with Gasteiger partial charge in [-0.25, -0.2) is 0 Å². The van der Waals surface area contributed by atoms with Crippen molar-refractivity contribution in [3.8, 4) is 0 Å².